The van der Waals surface area contributed by atoms with E-state index >= 15 is 0 Å². The summed E-state index contributed by atoms with van der Waals surface area (Å²) in [7, 11) is 0. The number of fused-ring (bicyclic) bond motifs is 1. The molecule has 0 saturated heterocycles. The molecule has 4 aromatic carbocycles. The Labute approximate surface area is 233 Å². The molecule has 5 rings (SSSR count). The van der Waals surface area contributed by atoms with Gasteiger partial charge >= 0.3 is 0 Å². The quantitative estimate of drug-likeness (QED) is 0.186. The van der Waals surface area contributed by atoms with Crippen LogP contribution >= 0.6 is 0 Å². The third kappa shape index (κ3) is 6.06. The molecular weight excluding hydrogens is 474 g/mol. The molecule has 1 heterocycles. The van der Waals surface area contributed by atoms with Crippen molar-refractivity contribution < 1.29 is 4.79 Å². The first-order valence-electron chi connectivity index (χ1n) is 14.3. The first-order valence-corrected chi connectivity index (χ1v) is 14.3. The van der Waals surface area contributed by atoms with E-state index in [9.17, 15) is 4.79 Å². The van der Waals surface area contributed by atoms with E-state index in [1.165, 1.54) is 27.8 Å². The van der Waals surface area contributed by atoms with E-state index in [4.69, 9.17) is 0 Å². The van der Waals surface area contributed by atoms with Crippen LogP contribution in [0.5, 0.6) is 0 Å². The van der Waals surface area contributed by atoms with Crippen LogP contribution in [0, 0.1) is 11.8 Å². The summed E-state index contributed by atoms with van der Waals surface area (Å²) in [5.74, 6) is 1.49. The normalized spacial score (nSPS) is 11.7. The SMILES string of the molecule is CC(C)Cc1ccccc1C(Cc1ccc(C(=O)c2c[nH]c3ccccc23)cc1)c1ccccc1CC(C)C. The highest BCUT2D eigenvalue weighted by Gasteiger charge is 2.22. The molecule has 2 heteroatoms. The molecule has 0 fully saturated rings. The van der Waals surface area contributed by atoms with Crippen LogP contribution in [0.4, 0.5) is 0 Å². The number of hydrogen-bond donors (Lipinski definition) is 1. The Kier molecular flexibility index (Phi) is 8.12. The molecule has 0 amide bonds. The summed E-state index contributed by atoms with van der Waals surface area (Å²) in [6, 6.07) is 34.2. The Morgan fingerprint density at radius 3 is 1.77 bits per heavy atom. The van der Waals surface area contributed by atoms with E-state index in [-0.39, 0.29) is 11.7 Å². The van der Waals surface area contributed by atoms with Crippen molar-refractivity contribution in [2.24, 2.45) is 11.8 Å². The Hall–Kier alpha value is -3.91. The molecule has 0 aliphatic rings. The zero-order chi connectivity index (χ0) is 27.4. The lowest BCUT2D eigenvalue weighted by molar-refractivity contribution is 0.104. The molecule has 198 valence electrons. The third-order valence-corrected chi connectivity index (χ3v) is 7.61. The second-order valence-electron chi connectivity index (χ2n) is 11.6. The van der Waals surface area contributed by atoms with Crippen LogP contribution in [-0.2, 0) is 19.3 Å². The predicted molar refractivity (Wildman–Crippen MR) is 164 cm³/mol. The van der Waals surface area contributed by atoms with Gasteiger partial charge in [-0.25, -0.2) is 0 Å². The molecule has 0 bridgehead atoms. The predicted octanol–water partition coefficient (Wildman–Crippen LogP) is 9.17. The summed E-state index contributed by atoms with van der Waals surface area (Å²) in [5, 5.41) is 0.968. The van der Waals surface area contributed by atoms with Gasteiger partial charge < -0.3 is 4.98 Å². The molecule has 0 aliphatic heterocycles. The van der Waals surface area contributed by atoms with Crippen molar-refractivity contribution in [3.63, 3.8) is 0 Å². The molecular formula is C37H39NO. The van der Waals surface area contributed by atoms with Crippen LogP contribution in [0.25, 0.3) is 10.9 Å². The lowest BCUT2D eigenvalue weighted by atomic mass is 9.79. The molecule has 0 unspecified atom stereocenters. The molecule has 0 radical (unpaired) electrons. The molecule has 0 saturated carbocycles. The molecule has 39 heavy (non-hydrogen) atoms. The largest absolute Gasteiger partial charge is 0.360 e. The van der Waals surface area contributed by atoms with E-state index in [1.807, 2.05) is 42.6 Å². The molecule has 2 nitrogen and oxygen atoms in total. The highest BCUT2D eigenvalue weighted by atomic mass is 16.1. The number of rotatable bonds is 10. The summed E-state index contributed by atoms with van der Waals surface area (Å²) < 4.78 is 0. The second-order valence-corrected chi connectivity index (χ2v) is 11.6. The van der Waals surface area contributed by atoms with Gasteiger partial charge in [-0.3, -0.25) is 4.79 Å². The fourth-order valence-electron chi connectivity index (χ4n) is 5.83. The van der Waals surface area contributed by atoms with Crippen LogP contribution in [0.2, 0.25) is 0 Å². The minimum absolute atomic E-state index is 0.0557. The van der Waals surface area contributed by atoms with Crippen molar-refractivity contribution >= 4 is 16.7 Å². The highest BCUT2D eigenvalue weighted by Crippen LogP contribution is 2.35. The maximum atomic E-state index is 13.4. The number of aromatic nitrogens is 1. The maximum absolute atomic E-state index is 13.4. The smallest absolute Gasteiger partial charge is 0.195 e. The molecule has 5 aromatic rings. The van der Waals surface area contributed by atoms with E-state index in [0.29, 0.717) is 11.8 Å². The summed E-state index contributed by atoms with van der Waals surface area (Å²) in [5.41, 5.74) is 9.38. The van der Waals surface area contributed by atoms with Gasteiger partial charge in [0.2, 0.25) is 0 Å². The number of carbonyl (C=O) groups is 1. The van der Waals surface area contributed by atoms with Crippen molar-refractivity contribution in [3.05, 3.63) is 142 Å². The van der Waals surface area contributed by atoms with Gasteiger partial charge in [0.1, 0.15) is 0 Å². The lowest BCUT2D eigenvalue weighted by Gasteiger charge is -2.25. The third-order valence-electron chi connectivity index (χ3n) is 7.61. The van der Waals surface area contributed by atoms with Gasteiger partial charge in [-0.1, -0.05) is 119 Å². The standard InChI is InChI=1S/C37H39NO/c1-25(2)21-29-11-5-7-13-31(29)34(32-14-8-6-12-30(32)22-26(3)4)23-27-17-19-28(20-18-27)37(39)35-24-38-36-16-10-9-15-33(35)36/h5-20,24-26,34,38H,21-23H2,1-4H3. The summed E-state index contributed by atoms with van der Waals surface area (Å²) in [4.78, 5) is 16.6. The van der Waals surface area contributed by atoms with Crippen molar-refractivity contribution in [2.45, 2.75) is 52.9 Å². The van der Waals surface area contributed by atoms with Gasteiger partial charge in [-0.05, 0) is 65.0 Å². The number of H-pyrrole nitrogens is 1. The first-order chi connectivity index (χ1) is 18.9. The molecule has 0 atom stereocenters. The van der Waals surface area contributed by atoms with Gasteiger partial charge in [-0.2, -0.15) is 0 Å². The Balaban J connectivity index is 1.50. The summed E-state index contributed by atoms with van der Waals surface area (Å²) in [6.45, 7) is 9.17. The average Bonchev–Trinajstić information content (AvgIpc) is 3.36. The van der Waals surface area contributed by atoms with Crippen molar-refractivity contribution in [2.75, 3.05) is 0 Å². The van der Waals surface area contributed by atoms with Crippen LogP contribution in [0.3, 0.4) is 0 Å². The Morgan fingerprint density at radius 2 is 1.18 bits per heavy atom. The van der Waals surface area contributed by atoms with Gasteiger partial charge in [-0.15, -0.1) is 0 Å². The van der Waals surface area contributed by atoms with Crippen molar-refractivity contribution in [1.29, 1.82) is 0 Å². The summed E-state index contributed by atoms with van der Waals surface area (Å²) >= 11 is 0. The summed E-state index contributed by atoms with van der Waals surface area (Å²) in [6.07, 6.45) is 4.86. The molecule has 1 aromatic heterocycles. The number of hydrogen-bond acceptors (Lipinski definition) is 1. The Bertz CT molecular complexity index is 1500. The lowest BCUT2D eigenvalue weighted by Crippen LogP contribution is -2.13. The van der Waals surface area contributed by atoms with Crippen LogP contribution in [-0.4, -0.2) is 10.8 Å². The van der Waals surface area contributed by atoms with Gasteiger partial charge in [0.15, 0.2) is 5.78 Å². The highest BCUT2D eigenvalue weighted by molar-refractivity contribution is 6.16. The monoisotopic (exact) mass is 513 g/mol. The Morgan fingerprint density at radius 1 is 0.641 bits per heavy atom. The maximum Gasteiger partial charge on any atom is 0.195 e. The second kappa shape index (κ2) is 11.9. The van der Waals surface area contributed by atoms with Crippen LogP contribution in [0.15, 0.2) is 103 Å². The van der Waals surface area contributed by atoms with Gasteiger partial charge in [0.05, 0.1) is 0 Å². The van der Waals surface area contributed by atoms with Crippen molar-refractivity contribution in [3.8, 4) is 0 Å². The molecule has 1 N–H and O–H groups in total. The van der Waals surface area contributed by atoms with Crippen molar-refractivity contribution in [1.82, 2.24) is 4.98 Å². The van der Waals surface area contributed by atoms with Gasteiger partial charge in [0.25, 0.3) is 0 Å². The number of para-hydroxylation sites is 1. The minimum Gasteiger partial charge on any atom is -0.360 e. The molecule has 0 spiro atoms. The average molecular weight is 514 g/mol. The number of nitrogens with one attached hydrogen (secondary N) is 1. The van der Waals surface area contributed by atoms with Crippen LogP contribution < -0.4 is 0 Å². The van der Waals surface area contributed by atoms with E-state index in [2.05, 4.69) is 93.3 Å². The first kappa shape index (κ1) is 26.7. The fourth-order valence-corrected chi connectivity index (χ4v) is 5.83. The minimum atomic E-state index is 0.0557. The van der Waals surface area contributed by atoms with E-state index < -0.39 is 0 Å². The number of aromatic amines is 1. The van der Waals surface area contributed by atoms with Crippen LogP contribution in [0.1, 0.15) is 77.4 Å². The molecule has 0 aliphatic carbocycles. The number of ketones is 1. The fraction of sp³-hybridized carbons (Fsp3) is 0.270. The number of carbonyl (C=O) groups excluding carboxylic acids is 1. The number of benzene rings is 4. The van der Waals surface area contributed by atoms with E-state index in [1.54, 1.807) is 0 Å². The van der Waals surface area contributed by atoms with Gasteiger partial charge in [0, 0.05) is 34.1 Å². The van der Waals surface area contributed by atoms with E-state index in [0.717, 1.165) is 41.3 Å². The zero-order valence-corrected chi connectivity index (χ0v) is 23.6. The zero-order valence-electron chi connectivity index (χ0n) is 23.6. The topological polar surface area (TPSA) is 32.9 Å².